The number of rotatable bonds is 8. The van der Waals surface area contributed by atoms with Gasteiger partial charge in [-0.1, -0.05) is 43.3 Å². The monoisotopic (exact) mass is 354 g/mol. The van der Waals surface area contributed by atoms with E-state index in [9.17, 15) is 19.5 Å². The zero-order valence-corrected chi connectivity index (χ0v) is 14.6. The lowest BCUT2D eigenvalue weighted by Crippen LogP contribution is -2.42. The van der Waals surface area contributed by atoms with Crippen LogP contribution in [0.1, 0.15) is 39.6 Å². The summed E-state index contributed by atoms with van der Waals surface area (Å²) in [6.45, 7) is 2.50. The van der Waals surface area contributed by atoms with Crippen LogP contribution in [-0.2, 0) is 11.2 Å². The third kappa shape index (κ3) is 5.44. The topological polar surface area (TPSA) is 95.5 Å². The molecule has 0 saturated heterocycles. The van der Waals surface area contributed by atoms with Crippen LogP contribution >= 0.6 is 0 Å². The van der Waals surface area contributed by atoms with E-state index >= 15 is 0 Å². The second-order valence-electron chi connectivity index (χ2n) is 5.89. The van der Waals surface area contributed by atoms with E-state index in [1.807, 2.05) is 25.1 Å². The molecule has 0 aliphatic carbocycles. The first-order valence-corrected chi connectivity index (χ1v) is 8.47. The molecule has 0 aliphatic heterocycles. The third-order valence-electron chi connectivity index (χ3n) is 3.81. The van der Waals surface area contributed by atoms with E-state index in [0.29, 0.717) is 12.1 Å². The summed E-state index contributed by atoms with van der Waals surface area (Å²) in [5.74, 6) is -1.90. The fraction of sp³-hybridized carbons (Fsp3) is 0.250. The van der Waals surface area contributed by atoms with Gasteiger partial charge >= 0.3 is 5.97 Å². The lowest BCUT2D eigenvalue weighted by molar-refractivity contribution is -0.139. The lowest BCUT2D eigenvalue weighted by Gasteiger charge is -2.15. The highest BCUT2D eigenvalue weighted by molar-refractivity contribution is 6.00. The molecule has 0 spiro atoms. The van der Waals surface area contributed by atoms with Crippen LogP contribution in [-0.4, -0.2) is 35.5 Å². The van der Waals surface area contributed by atoms with Crippen LogP contribution in [0.2, 0.25) is 0 Å². The van der Waals surface area contributed by atoms with Crippen molar-refractivity contribution in [3.8, 4) is 0 Å². The number of nitrogens with one attached hydrogen (secondary N) is 2. The number of amides is 2. The number of aliphatic carboxylic acids is 1. The molecule has 0 unspecified atom stereocenters. The van der Waals surface area contributed by atoms with Gasteiger partial charge in [0.25, 0.3) is 11.8 Å². The summed E-state index contributed by atoms with van der Waals surface area (Å²) in [6, 6.07) is 14.2. The molecule has 0 aliphatic rings. The van der Waals surface area contributed by atoms with E-state index < -0.39 is 17.9 Å². The van der Waals surface area contributed by atoms with Crippen LogP contribution < -0.4 is 10.6 Å². The summed E-state index contributed by atoms with van der Waals surface area (Å²) in [5.41, 5.74) is 1.42. The van der Waals surface area contributed by atoms with Crippen LogP contribution in [0.3, 0.4) is 0 Å². The van der Waals surface area contributed by atoms with Crippen LogP contribution in [0.15, 0.2) is 54.6 Å². The third-order valence-corrected chi connectivity index (χ3v) is 3.81. The lowest BCUT2D eigenvalue weighted by atomic mass is 10.0. The number of carboxylic acid groups (broad SMARTS) is 1. The fourth-order valence-electron chi connectivity index (χ4n) is 2.43. The first kappa shape index (κ1) is 19.2. The number of benzene rings is 2. The van der Waals surface area contributed by atoms with Crippen molar-refractivity contribution >= 4 is 17.8 Å². The van der Waals surface area contributed by atoms with Crippen LogP contribution in [0.25, 0.3) is 0 Å². The Morgan fingerprint density at radius 1 is 0.962 bits per heavy atom. The van der Waals surface area contributed by atoms with E-state index in [4.69, 9.17) is 0 Å². The molecular weight excluding hydrogens is 332 g/mol. The Kier molecular flexibility index (Phi) is 6.91. The SMILES string of the molecule is CCCNC(=O)c1cccc(C(=O)N[C@H](Cc2ccccc2)C(=O)O)c1. The zero-order valence-electron chi connectivity index (χ0n) is 14.6. The maximum Gasteiger partial charge on any atom is 0.326 e. The summed E-state index contributed by atoms with van der Waals surface area (Å²) in [5, 5.41) is 14.7. The van der Waals surface area contributed by atoms with E-state index in [-0.39, 0.29) is 17.9 Å². The average Bonchev–Trinajstić information content (AvgIpc) is 2.66. The van der Waals surface area contributed by atoms with Gasteiger partial charge in [0.2, 0.25) is 0 Å². The van der Waals surface area contributed by atoms with E-state index in [1.165, 1.54) is 6.07 Å². The molecule has 3 N–H and O–H groups in total. The predicted octanol–water partition coefficient (Wildman–Crippen LogP) is 2.25. The van der Waals surface area contributed by atoms with Crippen LogP contribution in [0.4, 0.5) is 0 Å². The summed E-state index contributed by atoms with van der Waals surface area (Å²) >= 11 is 0. The fourth-order valence-corrected chi connectivity index (χ4v) is 2.43. The van der Waals surface area contributed by atoms with Gasteiger partial charge in [-0.15, -0.1) is 0 Å². The Labute approximate surface area is 152 Å². The van der Waals surface area contributed by atoms with Gasteiger partial charge in [-0.2, -0.15) is 0 Å². The minimum absolute atomic E-state index is 0.179. The molecule has 0 saturated carbocycles. The quantitative estimate of drug-likeness (QED) is 0.677. The van der Waals surface area contributed by atoms with E-state index in [1.54, 1.807) is 30.3 Å². The molecule has 0 heterocycles. The Bertz CT molecular complexity index is 774. The van der Waals surface area contributed by atoms with Gasteiger partial charge in [0.15, 0.2) is 0 Å². The zero-order chi connectivity index (χ0) is 18.9. The molecule has 136 valence electrons. The summed E-state index contributed by atoms with van der Waals surface area (Å²) in [4.78, 5) is 35.9. The van der Waals surface area contributed by atoms with Crippen molar-refractivity contribution in [3.63, 3.8) is 0 Å². The number of carbonyl (C=O) groups is 3. The molecule has 2 amide bonds. The summed E-state index contributed by atoms with van der Waals surface area (Å²) in [7, 11) is 0. The van der Waals surface area contributed by atoms with Gasteiger partial charge in [-0.25, -0.2) is 4.79 Å². The number of carboxylic acids is 1. The van der Waals surface area contributed by atoms with Gasteiger partial charge in [-0.3, -0.25) is 9.59 Å². The Morgan fingerprint density at radius 3 is 2.23 bits per heavy atom. The van der Waals surface area contributed by atoms with Crippen LogP contribution in [0, 0.1) is 0 Å². The standard InChI is InChI=1S/C20H22N2O4/c1-2-11-21-18(23)15-9-6-10-16(13-15)19(24)22-17(20(25)26)12-14-7-4-3-5-8-14/h3-10,13,17H,2,11-12H2,1H3,(H,21,23)(H,22,24)(H,25,26)/t17-/m1/s1. The minimum atomic E-state index is -1.11. The Hall–Kier alpha value is -3.15. The van der Waals surface area contributed by atoms with Gasteiger partial charge in [0, 0.05) is 24.1 Å². The molecule has 1 atom stereocenters. The summed E-state index contributed by atoms with van der Waals surface area (Å²) in [6.07, 6.45) is 0.990. The second kappa shape index (κ2) is 9.36. The Morgan fingerprint density at radius 2 is 1.62 bits per heavy atom. The average molecular weight is 354 g/mol. The predicted molar refractivity (Wildman–Crippen MR) is 98.1 cm³/mol. The highest BCUT2D eigenvalue weighted by Crippen LogP contribution is 2.08. The second-order valence-corrected chi connectivity index (χ2v) is 5.89. The molecule has 6 nitrogen and oxygen atoms in total. The van der Waals surface area contributed by atoms with Crippen molar-refractivity contribution in [1.82, 2.24) is 10.6 Å². The molecular formula is C20H22N2O4. The number of hydrogen-bond acceptors (Lipinski definition) is 3. The summed E-state index contributed by atoms with van der Waals surface area (Å²) < 4.78 is 0. The normalized spacial score (nSPS) is 11.4. The van der Waals surface area contributed by atoms with Gasteiger partial charge < -0.3 is 15.7 Å². The van der Waals surface area contributed by atoms with Crippen molar-refractivity contribution in [2.75, 3.05) is 6.54 Å². The molecule has 0 bridgehead atoms. The number of carbonyl (C=O) groups excluding carboxylic acids is 2. The highest BCUT2D eigenvalue weighted by Gasteiger charge is 2.21. The maximum absolute atomic E-state index is 12.4. The van der Waals surface area contributed by atoms with Gasteiger partial charge in [-0.05, 0) is 30.2 Å². The molecule has 0 fully saturated rings. The van der Waals surface area contributed by atoms with E-state index in [0.717, 1.165) is 12.0 Å². The molecule has 0 aromatic heterocycles. The van der Waals surface area contributed by atoms with Crippen molar-refractivity contribution in [1.29, 1.82) is 0 Å². The first-order valence-electron chi connectivity index (χ1n) is 8.47. The molecule has 2 rings (SSSR count). The van der Waals surface area contributed by atoms with Gasteiger partial charge in [0.1, 0.15) is 6.04 Å². The van der Waals surface area contributed by atoms with Crippen molar-refractivity contribution < 1.29 is 19.5 Å². The molecule has 2 aromatic carbocycles. The van der Waals surface area contributed by atoms with Crippen LogP contribution in [0.5, 0.6) is 0 Å². The molecule has 6 heteroatoms. The largest absolute Gasteiger partial charge is 0.480 e. The highest BCUT2D eigenvalue weighted by atomic mass is 16.4. The Balaban J connectivity index is 2.09. The maximum atomic E-state index is 12.4. The van der Waals surface area contributed by atoms with Gasteiger partial charge in [0.05, 0.1) is 0 Å². The smallest absolute Gasteiger partial charge is 0.326 e. The molecule has 26 heavy (non-hydrogen) atoms. The number of hydrogen-bond donors (Lipinski definition) is 3. The minimum Gasteiger partial charge on any atom is -0.480 e. The first-order chi connectivity index (χ1) is 12.5. The van der Waals surface area contributed by atoms with Crippen molar-refractivity contribution in [2.45, 2.75) is 25.8 Å². The van der Waals surface area contributed by atoms with Crippen molar-refractivity contribution in [2.24, 2.45) is 0 Å². The molecule has 2 aromatic rings. The van der Waals surface area contributed by atoms with E-state index in [2.05, 4.69) is 10.6 Å². The van der Waals surface area contributed by atoms with Crippen molar-refractivity contribution in [3.05, 3.63) is 71.3 Å². The molecule has 0 radical (unpaired) electrons.